The Morgan fingerprint density at radius 2 is 1.44 bits per heavy atom. The molecule has 0 aromatic carbocycles. The number of nitrogens with zero attached hydrogens (tertiary/aromatic N) is 3. The zero-order chi connectivity index (χ0) is 7.33. The second-order valence-electron chi connectivity index (χ2n) is 1.41. The normalized spacial score (nSPS) is 8.67. The van der Waals surface area contributed by atoms with Gasteiger partial charge in [-0.2, -0.15) is 0 Å². The number of hydrogen-bond donors (Lipinski definition) is 0. The van der Waals surface area contributed by atoms with Crippen molar-refractivity contribution >= 4 is 17.0 Å². The van der Waals surface area contributed by atoms with Crippen LogP contribution in [0, 0.1) is 33.7 Å². The molecular weight excluding hydrogens is 133 g/mol. The summed E-state index contributed by atoms with van der Waals surface area (Å²) in [5, 5.41) is 24.9. The fourth-order valence-electron chi connectivity index (χ4n) is 0.245. The van der Waals surface area contributed by atoms with E-state index in [4.69, 9.17) is 15.8 Å². The molecule has 0 unspecified atom stereocenters. The van der Waals surface area contributed by atoms with Crippen molar-refractivity contribution in [3.8, 4) is 17.9 Å². The van der Waals surface area contributed by atoms with Crippen LogP contribution in [0.4, 0.5) is 0 Å². The van der Waals surface area contributed by atoms with E-state index in [0.717, 1.165) is 11.6 Å². The molecule has 0 rings (SSSR count). The SMILES string of the molecule is CS[B-](C#N)(C#N)C#N. The summed E-state index contributed by atoms with van der Waals surface area (Å²) in [7, 11) is 0. The van der Waals surface area contributed by atoms with Crippen LogP contribution in [0.2, 0.25) is 0 Å². The first kappa shape index (κ1) is 7.88. The van der Waals surface area contributed by atoms with Crippen molar-refractivity contribution in [1.29, 1.82) is 15.8 Å². The Balaban J connectivity index is 4.54. The van der Waals surface area contributed by atoms with Crippen molar-refractivity contribution in [1.82, 2.24) is 0 Å². The van der Waals surface area contributed by atoms with Crippen LogP contribution in [0.3, 0.4) is 0 Å². The largest absolute Gasteiger partial charge is 0.344 e. The van der Waals surface area contributed by atoms with E-state index < -0.39 is 5.42 Å². The molecule has 9 heavy (non-hydrogen) atoms. The van der Waals surface area contributed by atoms with Crippen molar-refractivity contribution in [2.75, 3.05) is 6.26 Å². The fourth-order valence-corrected chi connectivity index (χ4v) is 0.561. The highest BCUT2D eigenvalue weighted by Crippen LogP contribution is 2.12. The van der Waals surface area contributed by atoms with E-state index >= 15 is 0 Å². The van der Waals surface area contributed by atoms with Gasteiger partial charge in [0.15, 0.2) is 0 Å². The van der Waals surface area contributed by atoms with Crippen molar-refractivity contribution in [3.05, 3.63) is 0 Å². The third-order valence-electron chi connectivity index (χ3n) is 0.899. The van der Waals surface area contributed by atoms with Crippen LogP contribution in [-0.2, 0) is 0 Å². The van der Waals surface area contributed by atoms with Gasteiger partial charge in [-0.3, -0.25) is 0 Å². The Kier molecular flexibility index (Phi) is 2.65. The van der Waals surface area contributed by atoms with E-state index in [1.165, 1.54) is 0 Å². The summed E-state index contributed by atoms with van der Waals surface area (Å²) in [5.74, 6) is 5.00. The lowest BCUT2D eigenvalue weighted by Gasteiger charge is -2.09. The molecule has 3 nitrogen and oxygen atoms in total. The molecule has 0 bridgehead atoms. The van der Waals surface area contributed by atoms with E-state index in [0.29, 0.717) is 0 Å². The lowest BCUT2D eigenvalue weighted by atomic mass is 9.52. The molecule has 0 heterocycles. The molecule has 0 N–H and O–H groups in total. The summed E-state index contributed by atoms with van der Waals surface area (Å²) in [6.07, 6.45) is 1.58. The zero-order valence-electron chi connectivity index (χ0n) is 4.83. The van der Waals surface area contributed by atoms with Gasteiger partial charge in [-0.15, -0.1) is 17.9 Å². The van der Waals surface area contributed by atoms with E-state index in [-0.39, 0.29) is 0 Å². The minimum absolute atomic E-state index is 0.997. The maximum Gasteiger partial charge on any atom is 0.344 e. The highest BCUT2D eigenvalue weighted by Gasteiger charge is 2.21. The summed E-state index contributed by atoms with van der Waals surface area (Å²) in [5.41, 5.74) is -2.11. The monoisotopic (exact) mass is 136 g/mol. The van der Waals surface area contributed by atoms with Crippen molar-refractivity contribution in [2.45, 2.75) is 0 Å². The van der Waals surface area contributed by atoms with E-state index in [1.807, 2.05) is 0 Å². The number of nitriles is 3. The topological polar surface area (TPSA) is 71.4 Å². The third kappa shape index (κ3) is 1.39. The Morgan fingerprint density at radius 1 is 1.11 bits per heavy atom. The Bertz CT molecular complexity index is 181. The maximum absolute atomic E-state index is 8.29. The van der Waals surface area contributed by atoms with Gasteiger partial charge < -0.3 is 11.6 Å². The van der Waals surface area contributed by atoms with Gasteiger partial charge in [-0.25, -0.2) is 15.8 Å². The van der Waals surface area contributed by atoms with Crippen molar-refractivity contribution in [3.63, 3.8) is 0 Å². The Hall–Kier alpha value is -1.12. The van der Waals surface area contributed by atoms with Crippen LogP contribution >= 0.6 is 11.6 Å². The quantitative estimate of drug-likeness (QED) is 0.491. The van der Waals surface area contributed by atoms with Crippen LogP contribution < -0.4 is 0 Å². The van der Waals surface area contributed by atoms with Gasteiger partial charge in [0.1, 0.15) is 0 Å². The number of hydrogen-bond acceptors (Lipinski definition) is 4. The summed E-state index contributed by atoms with van der Waals surface area (Å²) in [6.45, 7) is 0. The Morgan fingerprint density at radius 3 is 1.44 bits per heavy atom. The lowest BCUT2D eigenvalue weighted by Crippen LogP contribution is -2.23. The van der Waals surface area contributed by atoms with Crippen LogP contribution in [0.15, 0.2) is 0 Å². The average molecular weight is 136 g/mol. The summed E-state index contributed by atoms with van der Waals surface area (Å²) < 4.78 is 0. The van der Waals surface area contributed by atoms with Crippen molar-refractivity contribution < 1.29 is 0 Å². The molecular formula is C4H3BN3S-. The first-order chi connectivity index (χ1) is 4.24. The van der Waals surface area contributed by atoms with Gasteiger partial charge in [-0.05, 0) is 0 Å². The zero-order valence-corrected chi connectivity index (χ0v) is 5.64. The molecule has 0 aliphatic heterocycles. The highest BCUT2D eigenvalue weighted by atomic mass is 32.2. The Labute approximate surface area is 57.7 Å². The standard InChI is InChI=1S/C4H3BN3S/c1-9-5(2-6,3-7)4-8/h1H3/q-1. The maximum atomic E-state index is 8.29. The molecule has 0 radical (unpaired) electrons. The van der Waals surface area contributed by atoms with Crippen LogP contribution in [0.1, 0.15) is 0 Å². The molecule has 0 aliphatic carbocycles. The molecule has 5 heteroatoms. The van der Waals surface area contributed by atoms with Crippen molar-refractivity contribution in [2.24, 2.45) is 0 Å². The van der Waals surface area contributed by atoms with Gasteiger partial charge in [0.25, 0.3) is 0 Å². The second kappa shape index (κ2) is 3.02. The smallest absolute Gasteiger partial charge is 0.331 e. The van der Waals surface area contributed by atoms with Gasteiger partial charge in [0.05, 0.1) is 0 Å². The van der Waals surface area contributed by atoms with Crippen LogP contribution in [0.25, 0.3) is 0 Å². The first-order valence-electron chi connectivity index (χ1n) is 2.18. The minimum Gasteiger partial charge on any atom is -0.331 e. The molecule has 0 saturated carbocycles. The summed E-state index contributed by atoms with van der Waals surface area (Å²) >= 11 is 0.997. The van der Waals surface area contributed by atoms with E-state index in [9.17, 15) is 0 Å². The molecule has 0 amide bonds. The predicted molar refractivity (Wildman–Crippen MR) is 36.1 cm³/mol. The molecule has 0 saturated heterocycles. The van der Waals surface area contributed by atoms with Gasteiger partial charge in [-0.1, -0.05) is 6.26 Å². The third-order valence-corrected chi connectivity index (χ3v) is 1.92. The first-order valence-corrected chi connectivity index (χ1v) is 3.47. The van der Waals surface area contributed by atoms with E-state index in [1.54, 1.807) is 24.2 Å². The highest BCUT2D eigenvalue weighted by molar-refractivity contribution is 8.31. The van der Waals surface area contributed by atoms with Crippen LogP contribution in [0.5, 0.6) is 0 Å². The fraction of sp³-hybridized carbons (Fsp3) is 0.250. The van der Waals surface area contributed by atoms with Gasteiger partial charge in [0.2, 0.25) is 0 Å². The summed E-state index contributed by atoms with van der Waals surface area (Å²) in [4.78, 5) is 0. The average Bonchev–Trinajstić information content (AvgIpc) is 1.95. The lowest BCUT2D eigenvalue weighted by molar-refractivity contribution is 1.52. The molecule has 0 aromatic heterocycles. The molecule has 0 atom stereocenters. The van der Waals surface area contributed by atoms with Crippen LogP contribution in [-0.4, -0.2) is 11.7 Å². The molecule has 0 aromatic rings. The molecule has 0 spiro atoms. The van der Waals surface area contributed by atoms with Gasteiger partial charge >= 0.3 is 5.42 Å². The summed E-state index contributed by atoms with van der Waals surface area (Å²) in [6, 6.07) is 0. The van der Waals surface area contributed by atoms with E-state index in [2.05, 4.69) is 0 Å². The minimum atomic E-state index is -2.11. The molecule has 0 aliphatic rings. The molecule has 0 fully saturated rings. The predicted octanol–water partition coefficient (Wildman–Crippen LogP) is 0.483. The molecule has 44 valence electrons. The van der Waals surface area contributed by atoms with Gasteiger partial charge in [0, 0.05) is 0 Å². The second-order valence-corrected chi connectivity index (χ2v) is 2.59. The number of rotatable bonds is 1.